The summed E-state index contributed by atoms with van der Waals surface area (Å²) in [6, 6.07) is 8.67. The number of aromatic carboxylic acids is 1. The molecule has 0 bridgehead atoms. The Bertz CT molecular complexity index is 673. The smallest absolute Gasteiger partial charge is 0.337 e. The Morgan fingerprint density at radius 3 is 2.32 bits per heavy atom. The van der Waals surface area contributed by atoms with Crippen LogP contribution in [0.1, 0.15) is 10.4 Å². The molecule has 0 saturated heterocycles. The fraction of sp³-hybridized carbons (Fsp3) is 0. The van der Waals surface area contributed by atoms with Crippen molar-refractivity contribution in [2.45, 2.75) is 0 Å². The van der Waals surface area contributed by atoms with Gasteiger partial charge in [-0.3, -0.25) is 0 Å². The van der Waals surface area contributed by atoms with Gasteiger partial charge in [-0.05, 0) is 18.2 Å². The highest BCUT2D eigenvalue weighted by molar-refractivity contribution is 6.31. The molecule has 0 aromatic heterocycles. The van der Waals surface area contributed by atoms with Crippen LogP contribution in [0.5, 0.6) is 0 Å². The Morgan fingerprint density at radius 1 is 1.21 bits per heavy atom. The van der Waals surface area contributed by atoms with Crippen molar-refractivity contribution >= 4 is 23.3 Å². The van der Waals surface area contributed by atoms with Gasteiger partial charge in [-0.25, -0.2) is 4.79 Å². The van der Waals surface area contributed by atoms with Crippen LogP contribution in [0.15, 0.2) is 29.5 Å². The molecule has 0 heterocycles. The van der Waals surface area contributed by atoms with Crippen molar-refractivity contribution in [1.82, 2.24) is 0 Å². The third-order valence-corrected chi connectivity index (χ3v) is 2.29. The lowest BCUT2D eigenvalue weighted by Gasteiger charge is -2.08. The largest absolute Gasteiger partial charge is 0.478 e. The summed E-state index contributed by atoms with van der Waals surface area (Å²) in [6.07, 6.45) is 0. The van der Waals surface area contributed by atoms with Crippen molar-refractivity contribution in [2.75, 3.05) is 5.32 Å². The highest BCUT2D eigenvalue weighted by Gasteiger charge is 2.13. The average Bonchev–Trinajstić information content (AvgIpc) is 2.40. The number of nitriles is 3. The Kier molecular flexibility index (Phi) is 4.49. The van der Waals surface area contributed by atoms with E-state index >= 15 is 0 Å². The van der Waals surface area contributed by atoms with Gasteiger partial charge in [-0.1, -0.05) is 11.6 Å². The minimum Gasteiger partial charge on any atom is -0.478 e. The van der Waals surface area contributed by atoms with Crippen LogP contribution >= 0.6 is 11.6 Å². The van der Waals surface area contributed by atoms with Crippen molar-refractivity contribution in [2.24, 2.45) is 0 Å². The van der Waals surface area contributed by atoms with Gasteiger partial charge >= 0.3 is 5.97 Å². The van der Waals surface area contributed by atoms with E-state index in [0.717, 1.165) is 0 Å². The molecule has 19 heavy (non-hydrogen) atoms. The van der Waals surface area contributed by atoms with Crippen LogP contribution in [0.25, 0.3) is 0 Å². The number of allylic oxidation sites excluding steroid dienone is 2. The standard InChI is InChI=1S/C12H5ClN4O2/c13-8-1-2-10(9(3-8)12(18)19)17-11(6-16)7(4-14)5-15/h1-3,17H,(H,18,19). The zero-order valence-electron chi connectivity index (χ0n) is 9.31. The zero-order chi connectivity index (χ0) is 14.4. The number of hydrogen-bond acceptors (Lipinski definition) is 5. The molecule has 1 rings (SSSR count). The molecular formula is C12H5ClN4O2. The van der Waals surface area contributed by atoms with Crippen LogP contribution < -0.4 is 5.32 Å². The van der Waals surface area contributed by atoms with Crippen molar-refractivity contribution < 1.29 is 9.90 Å². The van der Waals surface area contributed by atoms with Crippen LogP contribution in [0.2, 0.25) is 5.02 Å². The molecule has 2 N–H and O–H groups in total. The minimum absolute atomic E-state index is 0.0662. The second-order valence-corrected chi connectivity index (χ2v) is 3.64. The molecular weight excluding hydrogens is 268 g/mol. The molecule has 0 radical (unpaired) electrons. The van der Waals surface area contributed by atoms with Crippen LogP contribution in [0.4, 0.5) is 5.69 Å². The summed E-state index contributed by atoms with van der Waals surface area (Å²) >= 11 is 5.68. The molecule has 0 spiro atoms. The number of carbonyl (C=O) groups is 1. The normalized spacial score (nSPS) is 8.53. The highest BCUT2D eigenvalue weighted by atomic mass is 35.5. The number of nitrogens with zero attached hydrogens (tertiary/aromatic N) is 3. The van der Waals surface area contributed by atoms with E-state index in [1.165, 1.54) is 18.2 Å². The lowest BCUT2D eigenvalue weighted by atomic mass is 10.1. The molecule has 7 heteroatoms. The predicted molar refractivity (Wildman–Crippen MR) is 65.9 cm³/mol. The van der Waals surface area contributed by atoms with E-state index in [0.29, 0.717) is 0 Å². The van der Waals surface area contributed by atoms with Gasteiger partial charge in [0.15, 0.2) is 5.57 Å². The van der Waals surface area contributed by atoms with E-state index < -0.39 is 11.5 Å². The number of halogens is 1. The third-order valence-electron chi connectivity index (χ3n) is 2.06. The number of hydrogen-bond donors (Lipinski definition) is 2. The van der Waals surface area contributed by atoms with E-state index in [4.69, 9.17) is 32.5 Å². The van der Waals surface area contributed by atoms with Crippen molar-refractivity contribution in [3.8, 4) is 18.2 Å². The summed E-state index contributed by atoms with van der Waals surface area (Å²) in [4.78, 5) is 11.0. The molecule has 1 aromatic rings. The Morgan fingerprint density at radius 2 is 1.84 bits per heavy atom. The van der Waals surface area contributed by atoms with E-state index in [-0.39, 0.29) is 22.0 Å². The molecule has 0 aliphatic carbocycles. The number of nitrogens with one attached hydrogen (secondary N) is 1. The quantitative estimate of drug-likeness (QED) is 0.814. The maximum absolute atomic E-state index is 11.0. The first-order valence-corrected chi connectivity index (χ1v) is 5.15. The number of anilines is 1. The zero-order valence-corrected chi connectivity index (χ0v) is 10.1. The summed E-state index contributed by atoms with van der Waals surface area (Å²) in [5, 5.41) is 37.9. The molecule has 0 aliphatic heterocycles. The third kappa shape index (κ3) is 3.23. The summed E-state index contributed by atoms with van der Waals surface area (Å²) in [6.45, 7) is 0. The van der Waals surface area contributed by atoms with Gasteiger partial charge < -0.3 is 10.4 Å². The van der Waals surface area contributed by atoms with E-state index in [1.807, 2.05) is 0 Å². The average molecular weight is 273 g/mol. The molecule has 1 aromatic carbocycles. The van der Waals surface area contributed by atoms with Gasteiger partial charge in [0.25, 0.3) is 0 Å². The summed E-state index contributed by atoms with van der Waals surface area (Å²) in [7, 11) is 0. The first-order chi connectivity index (χ1) is 9.03. The molecule has 92 valence electrons. The lowest BCUT2D eigenvalue weighted by Crippen LogP contribution is -2.07. The van der Waals surface area contributed by atoms with Gasteiger partial charge in [-0.2, -0.15) is 15.8 Å². The van der Waals surface area contributed by atoms with Crippen LogP contribution in [-0.2, 0) is 0 Å². The van der Waals surface area contributed by atoms with Gasteiger partial charge in [0, 0.05) is 5.02 Å². The van der Waals surface area contributed by atoms with E-state index in [1.54, 1.807) is 18.2 Å². The van der Waals surface area contributed by atoms with E-state index in [2.05, 4.69) is 5.32 Å². The van der Waals surface area contributed by atoms with Gasteiger partial charge in [0.05, 0.1) is 11.3 Å². The monoisotopic (exact) mass is 272 g/mol. The maximum Gasteiger partial charge on any atom is 0.337 e. The topological polar surface area (TPSA) is 121 Å². The van der Waals surface area contributed by atoms with Crippen LogP contribution in [0.3, 0.4) is 0 Å². The SMILES string of the molecule is N#CC(C#N)=C(C#N)Nc1ccc(Cl)cc1C(=O)O. The highest BCUT2D eigenvalue weighted by Crippen LogP contribution is 2.22. The predicted octanol–water partition coefficient (Wildman–Crippen LogP) is 2.27. The molecule has 0 amide bonds. The fourth-order valence-electron chi connectivity index (χ4n) is 1.22. The maximum atomic E-state index is 11.0. The Balaban J connectivity index is 3.32. The Labute approximate surface area is 113 Å². The molecule has 0 aliphatic rings. The molecule has 0 saturated carbocycles. The second-order valence-electron chi connectivity index (χ2n) is 3.21. The first-order valence-electron chi connectivity index (χ1n) is 4.78. The minimum atomic E-state index is -1.25. The lowest BCUT2D eigenvalue weighted by molar-refractivity contribution is 0.0698. The number of benzene rings is 1. The summed E-state index contributed by atoms with van der Waals surface area (Å²) in [5.41, 5.74) is -0.865. The first kappa shape index (κ1) is 14.1. The Hall–Kier alpha value is -3.01. The second kappa shape index (κ2) is 6.07. The van der Waals surface area contributed by atoms with Crippen molar-refractivity contribution in [3.05, 3.63) is 40.1 Å². The number of carboxylic acid groups (broad SMARTS) is 1. The van der Waals surface area contributed by atoms with E-state index in [9.17, 15) is 4.79 Å². The van der Waals surface area contributed by atoms with Gasteiger partial charge in [-0.15, -0.1) is 0 Å². The summed E-state index contributed by atoms with van der Waals surface area (Å²) in [5.74, 6) is -1.25. The van der Waals surface area contributed by atoms with Gasteiger partial charge in [0.2, 0.25) is 0 Å². The number of rotatable bonds is 3. The van der Waals surface area contributed by atoms with Crippen molar-refractivity contribution in [3.63, 3.8) is 0 Å². The molecule has 0 unspecified atom stereocenters. The van der Waals surface area contributed by atoms with Crippen molar-refractivity contribution in [1.29, 1.82) is 15.8 Å². The number of carboxylic acids is 1. The van der Waals surface area contributed by atoms with Crippen LogP contribution in [0, 0.1) is 34.0 Å². The van der Waals surface area contributed by atoms with Crippen LogP contribution in [-0.4, -0.2) is 11.1 Å². The molecule has 0 fully saturated rings. The van der Waals surface area contributed by atoms with Gasteiger partial charge in [0.1, 0.15) is 23.9 Å². The fourth-order valence-corrected chi connectivity index (χ4v) is 1.39. The molecule has 6 nitrogen and oxygen atoms in total. The molecule has 0 atom stereocenters. The summed E-state index contributed by atoms with van der Waals surface area (Å²) < 4.78 is 0.